The van der Waals surface area contributed by atoms with Crippen LogP contribution in [-0.2, 0) is 6.42 Å². The molecule has 0 saturated carbocycles. The average molecular weight is 269 g/mol. The van der Waals surface area contributed by atoms with E-state index in [0.717, 1.165) is 11.3 Å². The van der Waals surface area contributed by atoms with Crippen LogP contribution in [0.5, 0.6) is 5.75 Å². The number of halogens is 1. The van der Waals surface area contributed by atoms with Crippen molar-refractivity contribution in [2.24, 2.45) is 0 Å². The van der Waals surface area contributed by atoms with Crippen molar-refractivity contribution in [1.29, 1.82) is 0 Å². The maximum atomic E-state index is 5.12. The summed E-state index contributed by atoms with van der Waals surface area (Å²) in [5, 5.41) is 3.79. The molecule has 2 rings (SSSR count). The highest BCUT2D eigenvalue weighted by Crippen LogP contribution is 2.15. The van der Waals surface area contributed by atoms with Gasteiger partial charge in [0.15, 0.2) is 5.82 Å². The fraction of sp³-hybridized carbons (Fsp3) is 0.200. The van der Waals surface area contributed by atoms with E-state index in [9.17, 15) is 0 Å². The van der Waals surface area contributed by atoms with E-state index in [1.807, 2.05) is 24.3 Å². The Labute approximate surface area is 95.4 Å². The van der Waals surface area contributed by atoms with Crippen LogP contribution in [0.4, 0.5) is 0 Å². The summed E-state index contributed by atoms with van der Waals surface area (Å²) in [6, 6.07) is 7.77. The van der Waals surface area contributed by atoms with Crippen LogP contribution in [0.1, 0.15) is 11.4 Å². The molecular weight excluding hydrogens is 260 g/mol. The second-order valence-corrected chi connectivity index (χ2v) is 3.67. The zero-order chi connectivity index (χ0) is 10.7. The Morgan fingerprint density at radius 1 is 1.47 bits per heavy atom. The van der Waals surface area contributed by atoms with Crippen LogP contribution in [0.3, 0.4) is 0 Å². The van der Waals surface area contributed by atoms with Crippen molar-refractivity contribution < 1.29 is 9.26 Å². The Balaban J connectivity index is 2.16. The molecule has 0 aliphatic heterocycles. The Hall–Kier alpha value is -1.36. The molecule has 5 heteroatoms. The molecule has 1 aromatic heterocycles. The molecule has 0 amide bonds. The minimum absolute atomic E-state index is 0.403. The van der Waals surface area contributed by atoms with Gasteiger partial charge in [0.2, 0.25) is 0 Å². The van der Waals surface area contributed by atoms with E-state index in [-0.39, 0.29) is 0 Å². The van der Waals surface area contributed by atoms with Crippen molar-refractivity contribution in [3.05, 3.63) is 40.5 Å². The quantitative estimate of drug-likeness (QED) is 0.858. The molecule has 78 valence electrons. The number of hydrogen-bond donors (Lipinski definition) is 0. The minimum atomic E-state index is 0.403. The fourth-order valence-corrected chi connectivity index (χ4v) is 1.55. The first-order valence-corrected chi connectivity index (χ1v) is 5.18. The fourth-order valence-electron chi connectivity index (χ4n) is 1.27. The van der Waals surface area contributed by atoms with E-state index in [2.05, 4.69) is 26.1 Å². The highest BCUT2D eigenvalue weighted by Gasteiger charge is 2.04. The van der Waals surface area contributed by atoms with Crippen molar-refractivity contribution in [1.82, 2.24) is 10.1 Å². The average Bonchev–Trinajstić information content (AvgIpc) is 2.64. The lowest BCUT2D eigenvalue weighted by Crippen LogP contribution is -1.91. The lowest BCUT2D eigenvalue weighted by atomic mass is 10.1. The van der Waals surface area contributed by atoms with Crippen LogP contribution in [0.15, 0.2) is 33.6 Å². The number of ether oxygens (including phenoxy) is 1. The monoisotopic (exact) mass is 268 g/mol. The topological polar surface area (TPSA) is 48.2 Å². The second-order valence-electron chi connectivity index (χ2n) is 2.99. The molecule has 0 bridgehead atoms. The molecule has 2 aromatic rings. The van der Waals surface area contributed by atoms with Crippen LogP contribution in [-0.4, -0.2) is 17.3 Å². The van der Waals surface area contributed by atoms with Gasteiger partial charge in [-0.3, -0.25) is 0 Å². The molecular formula is C10H9BrN2O2. The Kier molecular flexibility index (Phi) is 3.01. The summed E-state index contributed by atoms with van der Waals surface area (Å²) in [6.45, 7) is 0. The maximum Gasteiger partial charge on any atom is 0.293 e. The predicted molar refractivity (Wildman–Crippen MR) is 57.8 cm³/mol. The van der Waals surface area contributed by atoms with E-state index in [0.29, 0.717) is 17.0 Å². The van der Waals surface area contributed by atoms with Crippen LogP contribution in [0.25, 0.3) is 0 Å². The van der Waals surface area contributed by atoms with Gasteiger partial charge in [-0.15, -0.1) is 0 Å². The molecule has 0 atom stereocenters. The molecule has 0 unspecified atom stereocenters. The molecule has 15 heavy (non-hydrogen) atoms. The number of rotatable bonds is 3. The summed E-state index contributed by atoms with van der Waals surface area (Å²) < 4.78 is 9.94. The van der Waals surface area contributed by atoms with Crippen molar-refractivity contribution >= 4 is 15.9 Å². The van der Waals surface area contributed by atoms with E-state index in [1.165, 1.54) is 0 Å². The van der Waals surface area contributed by atoms with Crippen LogP contribution >= 0.6 is 15.9 Å². The molecule has 0 aliphatic rings. The van der Waals surface area contributed by atoms with E-state index in [4.69, 9.17) is 9.26 Å². The van der Waals surface area contributed by atoms with E-state index >= 15 is 0 Å². The maximum absolute atomic E-state index is 5.12. The Morgan fingerprint density at radius 3 is 3.00 bits per heavy atom. The third-order valence-corrected chi connectivity index (χ3v) is 2.26. The number of aromatic nitrogens is 2. The molecule has 1 heterocycles. The van der Waals surface area contributed by atoms with Gasteiger partial charge in [0, 0.05) is 22.4 Å². The van der Waals surface area contributed by atoms with Gasteiger partial charge in [0.05, 0.1) is 7.11 Å². The van der Waals surface area contributed by atoms with Gasteiger partial charge in [-0.05, 0) is 17.7 Å². The summed E-state index contributed by atoms with van der Waals surface area (Å²) in [7, 11) is 1.64. The summed E-state index contributed by atoms with van der Waals surface area (Å²) in [4.78, 5) is 4.46. The van der Waals surface area contributed by atoms with E-state index < -0.39 is 0 Å². The lowest BCUT2D eigenvalue weighted by Gasteiger charge is -2.01. The first-order valence-electron chi connectivity index (χ1n) is 4.39. The summed E-state index contributed by atoms with van der Waals surface area (Å²) in [5.41, 5.74) is 1.09. The van der Waals surface area contributed by atoms with Crippen molar-refractivity contribution in [2.75, 3.05) is 7.11 Å². The first kappa shape index (κ1) is 10.2. The molecule has 0 fully saturated rings. The van der Waals surface area contributed by atoms with Gasteiger partial charge in [0.1, 0.15) is 5.75 Å². The zero-order valence-electron chi connectivity index (χ0n) is 8.11. The van der Waals surface area contributed by atoms with Gasteiger partial charge < -0.3 is 9.26 Å². The van der Waals surface area contributed by atoms with Crippen LogP contribution < -0.4 is 4.74 Å². The SMILES string of the molecule is COc1cccc(Cc2noc(Br)n2)c1. The zero-order valence-corrected chi connectivity index (χ0v) is 9.69. The van der Waals surface area contributed by atoms with Crippen LogP contribution in [0.2, 0.25) is 0 Å². The standard InChI is InChI=1S/C10H9BrN2O2/c1-14-8-4-2-3-7(5-8)6-9-12-10(11)15-13-9/h2-5H,6H2,1H3. The Bertz CT molecular complexity index is 456. The molecule has 0 saturated heterocycles. The number of hydrogen-bond acceptors (Lipinski definition) is 4. The third kappa shape index (κ3) is 2.56. The van der Waals surface area contributed by atoms with Gasteiger partial charge in [-0.2, -0.15) is 4.98 Å². The molecule has 1 aromatic carbocycles. The first-order chi connectivity index (χ1) is 7.28. The van der Waals surface area contributed by atoms with Crippen LogP contribution in [0, 0.1) is 0 Å². The predicted octanol–water partition coefficient (Wildman–Crippen LogP) is 2.43. The molecule has 0 radical (unpaired) electrons. The molecule has 0 N–H and O–H groups in total. The molecule has 0 aliphatic carbocycles. The minimum Gasteiger partial charge on any atom is -0.497 e. The van der Waals surface area contributed by atoms with Gasteiger partial charge >= 0.3 is 0 Å². The summed E-state index contributed by atoms with van der Waals surface area (Å²) in [5.74, 6) is 1.48. The number of methoxy groups -OCH3 is 1. The van der Waals surface area contributed by atoms with Crippen molar-refractivity contribution in [2.45, 2.75) is 6.42 Å². The second kappa shape index (κ2) is 4.44. The summed E-state index contributed by atoms with van der Waals surface area (Å²) in [6.07, 6.45) is 0.631. The smallest absolute Gasteiger partial charge is 0.293 e. The Morgan fingerprint density at radius 2 is 2.33 bits per heavy atom. The molecule has 4 nitrogen and oxygen atoms in total. The van der Waals surface area contributed by atoms with Gasteiger partial charge in [0.25, 0.3) is 4.80 Å². The highest BCUT2D eigenvalue weighted by atomic mass is 79.9. The van der Waals surface area contributed by atoms with Crippen molar-refractivity contribution in [3.63, 3.8) is 0 Å². The van der Waals surface area contributed by atoms with Gasteiger partial charge in [-0.25, -0.2) is 0 Å². The normalized spacial score (nSPS) is 10.3. The van der Waals surface area contributed by atoms with E-state index in [1.54, 1.807) is 7.11 Å². The largest absolute Gasteiger partial charge is 0.497 e. The highest BCUT2D eigenvalue weighted by molar-refractivity contribution is 9.10. The molecule has 0 spiro atoms. The lowest BCUT2D eigenvalue weighted by molar-refractivity contribution is 0.391. The summed E-state index contributed by atoms with van der Waals surface area (Å²) >= 11 is 3.11. The third-order valence-electron chi connectivity index (χ3n) is 1.94. The number of nitrogens with zero attached hydrogens (tertiary/aromatic N) is 2. The van der Waals surface area contributed by atoms with Crippen molar-refractivity contribution in [3.8, 4) is 5.75 Å². The number of benzene rings is 1. The van der Waals surface area contributed by atoms with Gasteiger partial charge in [-0.1, -0.05) is 17.3 Å².